The number of allylic oxidation sites excluding steroid dienone is 1. The zero-order valence-corrected chi connectivity index (χ0v) is 26.9. The third-order valence-electron chi connectivity index (χ3n) is 10.3. The van der Waals surface area contributed by atoms with E-state index >= 15 is 0 Å². The van der Waals surface area contributed by atoms with Crippen LogP contribution in [0.5, 0.6) is 0 Å². The van der Waals surface area contributed by atoms with E-state index in [0.29, 0.717) is 18.9 Å². The predicted octanol–water partition coefficient (Wildman–Crippen LogP) is 4.30. The fraction of sp³-hybridized carbons (Fsp3) is 0.629. The highest BCUT2D eigenvalue weighted by molar-refractivity contribution is 6.38. The minimum absolute atomic E-state index is 0.00303. The number of benzene rings is 1. The van der Waals surface area contributed by atoms with Crippen molar-refractivity contribution in [1.82, 2.24) is 15.5 Å². The molecular weight excluding hydrogens is 558 g/mol. The Morgan fingerprint density at radius 2 is 1.75 bits per heavy atom. The Bertz CT molecular complexity index is 1250. The topological polar surface area (TPSA) is 122 Å². The van der Waals surface area contributed by atoms with Crippen molar-refractivity contribution in [2.45, 2.75) is 97.2 Å². The quantitative estimate of drug-likeness (QED) is 0.196. The van der Waals surface area contributed by atoms with Gasteiger partial charge in [-0.15, -0.1) is 6.58 Å². The summed E-state index contributed by atoms with van der Waals surface area (Å²) in [6.45, 7) is 13.4. The maximum atomic E-state index is 13.9. The van der Waals surface area contributed by atoms with Crippen LogP contribution < -0.4 is 10.6 Å². The van der Waals surface area contributed by atoms with Gasteiger partial charge >= 0.3 is 5.97 Å². The number of nitrogens with zero attached hydrogens (tertiary/aromatic N) is 1. The van der Waals surface area contributed by atoms with Crippen molar-refractivity contribution in [3.8, 4) is 0 Å². The van der Waals surface area contributed by atoms with E-state index in [9.17, 15) is 24.0 Å². The molecule has 4 rings (SSSR count). The minimum atomic E-state index is -1.12. The van der Waals surface area contributed by atoms with Gasteiger partial charge in [0.25, 0.3) is 5.91 Å². The molecular formula is C35H49N3O6. The number of carbonyl (C=O) groups is 5. The number of fused-ring (bicyclic) bond motifs is 1. The van der Waals surface area contributed by atoms with Crippen molar-refractivity contribution in [3.63, 3.8) is 0 Å². The lowest BCUT2D eigenvalue weighted by molar-refractivity contribution is -0.157. The number of amides is 3. The number of ether oxygens (including phenoxy) is 1. The van der Waals surface area contributed by atoms with Gasteiger partial charge in [-0.1, -0.05) is 76.4 Å². The van der Waals surface area contributed by atoms with E-state index in [2.05, 4.69) is 31.1 Å². The van der Waals surface area contributed by atoms with Crippen LogP contribution in [-0.2, 0) is 34.3 Å². The molecule has 9 heteroatoms. The van der Waals surface area contributed by atoms with Crippen LogP contribution in [0.2, 0.25) is 0 Å². The van der Waals surface area contributed by atoms with Crippen LogP contribution in [0.25, 0.3) is 0 Å². The first-order valence-corrected chi connectivity index (χ1v) is 16.1. The summed E-state index contributed by atoms with van der Waals surface area (Å²) in [5.74, 6) is -2.57. The van der Waals surface area contributed by atoms with E-state index in [4.69, 9.17) is 4.74 Å². The van der Waals surface area contributed by atoms with Gasteiger partial charge in [-0.05, 0) is 68.3 Å². The Hall–Kier alpha value is -3.49. The van der Waals surface area contributed by atoms with Gasteiger partial charge in [-0.3, -0.25) is 24.0 Å². The molecule has 1 aliphatic heterocycles. The van der Waals surface area contributed by atoms with Crippen molar-refractivity contribution >= 4 is 29.5 Å². The molecule has 2 aliphatic carbocycles. The van der Waals surface area contributed by atoms with Gasteiger partial charge in [0.2, 0.25) is 17.6 Å². The second-order valence-electron chi connectivity index (χ2n) is 13.9. The van der Waals surface area contributed by atoms with E-state index < -0.39 is 47.8 Å². The molecule has 5 atom stereocenters. The van der Waals surface area contributed by atoms with Gasteiger partial charge in [-0.2, -0.15) is 0 Å². The molecule has 9 nitrogen and oxygen atoms in total. The first-order chi connectivity index (χ1) is 20.8. The highest BCUT2D eigenvalue weighted by atomic mass is 16.6. The van der Waals surface area contributed by atoms with E-state index in [0.717, 1.165) is 31.2 Å². The summed E-state index contributed by atoms with van der Waals surface area (Å²) in [6.07, 6.45) is 7.69. The molecule has 3 aliphatic rings. The maximum absolute atomic E-state index is 13.9. The van der Waals surface area contributed by atoms with E-state index in [1.165, 1.54) is 6.42 Å². The van der Waals surface area contributed by atoms with E-state index in [1.807, 2.05) is 37.3 Å². The van der Waals surface area contributed by atoms with Crippen LogP contribution in [0.4, 0.5) is 0 Å². The molecule has 2 N–H and O–H groups in total. The summed E-state index contributed by atoms with van der Waals surface area (Å²) in [4.78, 5) is 68.0. The van der Waals surface area contributed by atoms with Crippen molar-refractivity contribution in [1.29, 1.82) is 0 Å². The zero-order chi connectivity index (χ0) is 32.2. The first-order valence-electron chi connectivity index (χ1n) is 16.1. The van der Waals surface area contributed by atoms with Crippen molar-refractivity contribution in [3.05, 3.63) is 48.6 Å². The fourth-order valence-corrected chi connectivity index (χ4v) is 7.34. The van der Waals surface area contributed by atoms with Gasteiger partial charge in [-0.25, -0.2) is 0 Å². The van der Waals surface area contributed by atoms with Crippen LogP contribution in [0.1, 0.15) is 85.1 Å². The van der Waals surface area contributed by atoms with E-state index in [1.54, 1.807) is 24.8 Å². The number of piperidine rings is 1. The average molecular weight is 608 g/mol. The summed E-state index contributed by atoms with van der Waals surface area (Å²) in [6, 6.07) is 7.40. The third-order valence-corrected chi connectivity index (χ3v) is 10.3. The summed E-state index contributed by atoms with van der Waals surface area (Å²) >= 11 is 0. The van der Waals surface area contributed by atoms with Crippen LogP contribution >= 0.6 is 0 Å². The van der Waals surface area contributed by atoms with E-state index in [-0.39, 0.29) is 35.5 Å². The Kier molecular flexibility index (Phi) is 10.4. The molecule has 0 bridgehead atoms. The van der Waals surface area contributed by atoms with Crippen molar-refractivity contribution < 1.29 is 28.7 Å². The minimum Gasteiger partial charge on any atom is -0.453 e. The summed E-state index contributed by atoms with van der Waals surface area (Å²) < 4.78 is 5.56. The second kappa shape index (κ2) is 13.7. The Morgan fingerprint density at radius 3 is 2.39 bits per heavy atom. The third kappa shape index (κ3) is 7.24. The van der Waals surface area contributed by atoms with Crippen LogP contribution in [0, 0.1) is 29.1 Å². The van der Waals surface area contributed by atoms with Crippen molar-refractivity contribution in [2.75, 3.05) is 13.1 Å². The summed E-state index contributed by atoms with van der Waals surface area (Å²) in [5, 5.41) is 5.17. The highest BCUT2D eigenvalue weighted by Gasteiger charge is 2.69. The summed E-state index contributed by atoms with van der Waals surface area (Å²) in [7, 11) is 0. The number of likely N-dealkylation sites (tertiary alicyclic amines) is 1. The number of ketones is 1. The number of hydrogen-bond donors (Lipinski definition) is 2. The summed E-state index contributed by atoms with van der Waals surface area (Å²) in [5.41, 5.74) is -0.226. The highest BCUT2D eigenvalue weighted by Crippen LogP contribution is 2.65. The predicted molar refractivity (Wildman–Crippen MR) is 167 cm³/mol. The lowest BCUT2D eigenvalue weighted by Gasteiger charge is -2.35. The lowest BCUT2D eigenvalue weighted by Crippen LogP contribution is -2.56. The molecule has 3 amide bonds. The second-order valence-corrected chi connectivity index (χ2v) is 13.9. The molecule has 1 aromatic carbocycles. The SMILES string of the molecule is C=CCCC(NC(=O)[C@@H]1[C@@H]2[C@H](CN1C(=O)[C@@H](C)C1CCCCC1)C2(C)C)C(=O)C(=O)NCC(=O)OC(C)(C)c1ccccc1. The molecule has 0 aromatic heterocycles. The standard InChI is InChI=1S/C35H49N3O6/c1-7-8-19-26(30(40)32(42)36-20-27(39)44-35(5,6)24-17-13-10-14-18-24)37-31(41)29-28-25(34(28,3)4)21-38(29)33(43)22(2)23-15-11-9-12-16-23/h7,10,13-14,17-18,22-23,25-26,28-29H,1,8-9,11-12,15-16,19-21H2,2-6H3,(H,36,42)(H,37,41)/t22-,25-,26?,28-,29-/m0/s1. The van der Waals surface area contributed by atoms with Crippen LogP contribution in [0.15, 0.2) is 43.0 Å². The molecule has 0 radical (unpaired) electrons. The van der Waals surface area contributed by atoms with Crippen molar-refractivity contribution in [2.24, 2.45) is 29.1 Å². The number of esters is 1. The number of carbonyl (C=O) groups excluding carboxylic acids is 5. The molecule has 240 valence electrons. The maximum Gasteiger partial charge on any atom is 0.326 e. The van der Waals surface area contributed by atoms with Gasteiger partial charge in [0.1, 0.15) is 18.2 Å². The molecule has 2 saturated carbocycles. The molecule has 1 aromatic rings. The number of rotatable bonds is 13. The van der Waals surface area contributed by atoms with Gasteiger partial charge < -0.3 is 20.3 Å². The average Bonchev–Trinajstić information content (AvgIpc) is 3.32. The van der Waals surface area contributed by atoms with Gasteiger partial charge in [0, 0.05) is 12.5 Å². The molecule has 1 unspecified atom stereocenters. The number of Topliss-reactive ketones (excluding diaryl/α,β-unsaturated/α-hetero) is 1. The first kappa shape index (κ1) is 33.4. The zero-order valence-electron chi connectivity index (χ0n) is 26.9. The smallest absolute Gasteiger partial charge is 0.326 e. The Morgan fingerprint density at radius 1 is 1.09 bits per heavy atom. The largest absolute Gasteiger partial charge is 0.453 e. The van der Waals surface area contributed by atoms with Gasteiger partial charge in [0.15, 0.2) is 0 Å². The lowest BCUT2D eigenvalue weighted by atomic mass is 9.80. The van der Waals surface area contributed by atoms with Gasteiger partial charge in [0.05, 0.1) is 6.04 Å². The Balaban J connectivity index is 1.40. The normalized spacial score (nSPS) is 23.9. The molecule has 1 heterocycles. The monoisotopic (exact) mass is 607 g/mol. The molecule has 44 heavy (non-hydrogen) atoms. The Labute approximate surface area is 261 Å². The fourth-order valence-electron chi connectivity index (χ4n) is 7.34. The molecule has 0 spiro atoms. The number of nitrogens with one attached hydrogen (secondary N) is 2. The number of hydrogen-bond acceptors (Lipinski definition) is 6. The molecule has 1 saturated heterocycles. The molecule has 3 fully saturated rings. The van der Waals surface area contributed by atoms with Crippen LogP contribution in [-0.4, -0.2) is 59.5 Å². The van der Waals surface area contributed by atoms with Crippen LogP contribution in [0.3, 0.4) is 0 Å².